The van der Waals surface area contributed by atoms with Crippen LogP contribution in [-0.4, -0.2) is 20.7 Å². The van der Waals surface area contributed by atoms with E-state index in [1.54, 1.807) is 7.11 Å². The molecule has 0 aliphatic rings. The Kier molecular flexibility index (Phi) is 5.44. The molecule has 0 heterocycles. The molecule has 0 bridgehead atoms. The first kappa shape index (κ1) is 14.4. The van der Waals surface area contributed by atoms with Gasteiger partial charge in [-0.1, -0.05) is 36.4 Å². The van der Waals surface area contributed by atoms with Crippen LogP contribution in [0.25, 0.3) is 0 Å². The Morgan fingerprint density at radius 2 is 1.55 bits per heavy atom. The lowest BCUT2D eigenvalue weighted by atomic mass is 10.1. The van der Waals surface area contributed by atoms with Gasteiger partial charge in [0.05, 0.1) is 7.11 Å². The van der Waals surface area contributed by atoms with E-state index in [4.69, 9.17) is 9.47 Å². The van der Waals surface area contributed by atoms with Crippen LogP contribution in [-0.2, 0) is 13.0 Å². The lowest BCUT2D eigenvalue weighted by molar-refractivity contribution is 0.284. The smallest absolute Gasteiger partial charge is 0.161 e. The number of benzene rings is 2. The van der Waals surface area contributed by atoms with Crippen molar-refractivity contribution in [2.75, 3.05) is 20.7 Å². The predicted octanol–water partition coefficient (Wildman–Crippen LogP) is 3.04. The number of hydrogen-bond acceptors (Lipinski definition) is 3. The Balaban J connectivity index is 1.93. The first-order valence-corrected chi connectivity index (χ1v) is 6.81. The van der Waals surface area contributed by atoms with Crippen LogP contribution >= 0.6 is 0 Å². The molecule has 20 heavy (non-hydrogen) atoms. The monoisotopic (exact) mass is 271 g/mol. The number of nitrogens with one attached hydrogen (secondary N) is 1. The zero-order valence-electron chi connectivity index (χ0n) is 12.1. The topological polar surface area (TPSA) is 30.5 Å². The summed E-state index contributed by atoms with van der Waals surface area (Å²) in [4.78, 5) is 0. The van der Waals surface area contributed by atoms with Crippen molar-refractivity contribution in [3.8, 4) is 11.5 Å². The van der Waals surface area contributed by atoms with Crippen molar-refractivity contribution < 1.29 is 9.47 Å². The van der Waals surface area contributed by atoms with E-state index in [1.165, 1.54) is 5.56 Å². The van der Waals surface area contributed by atoms with Crippen LogP contribution < -0.4 is 14.8 Å². The number of rotatable bonds is 7. The molecule has 0 aliphatic carbocycles. The van der Waals surface area contributed by atoms with Gasteiger partial charge in [-0.15, -0.1) is 0 Å². The maximum absolute atomic E-state index is 5.80. The first-order chi connectivity index (χ1) is 9.83. The van der Waals surface area contributed by atoms with Gasteiger partial charge in [0.1, 0.15) is 6.61 Å². The lowest BCUT2D eigenvalue weighted by Crippen LogP contribution is -2.10. The largest absolute Gasteiger partial charge is 0.493 e. The third-order valence-corrected chi connectivity index (χ3v) is 3.15. The Bertz CT molecular complexity index is 523. The van der Waals surface area contributed by atoms with Crippen LogP contribution in [0.2, 0.25) is 0 Å². The lowest BCUT2D eigenvalue weighted by Gasteiger charge is -2.10. The minimum absolute atomic E-state index is 0.548. The molecule has 106 valence electrons. The van der Waals surface area contributed by atoms with E-state index in [2.05, 4.69) is 29.6 Å². The maximum atomic E-state index is 5.80. The summed E-state index contributed by atoms with van der Waals surface area (Å²) < 4.78 is 11.1. The van der Waals surface area contributed by atoms with E-state index >= 15 is 0 Å². The fraction of sp³-hybridized carbons (Fsp3) is 0.294. The summed E-state index contributed by atoms with van der Waals surface area (Å²) in [5.41, 5.74) is 2.49. The molecule has 2 aromatic carbocycles. The quantitative estimate of drug-likeness (QED) is 0.839. The van der Waals surface area contributed by atoms with Crippen molar-refractivity contribution in [2.24, 2.45) is 0 Å². The SMILES string of the molecule is CNCCc1ccc(COc2ccccc2OC)cc1. The van der Waals surface area contributed by atoms with Gasteiger partial charge in [-0.2, -0.15) is 0 Å². The summed E-state index contributed by atoms with van der Waals surface area (Å²) in [6.07, 6.45) is 1.05. The highest BCUT2D eigenvalue weighted by atomic mass is 16.5. The molecule has 0 saturated carbocycles. The molecule has 0 radical (unpaired) electrons. The molecule has 0 atom stereocenters. The fourth-order valence-electron chi connectivity index (χ4n) is 1.97. The van der Waals surface area contributed by atoms with Crippen LogP contribution in [0.1, 0.15) is 11.1 Å². The Morgan fingerprint density at radius 1 is 0.900 bits per heavy atom. The molecule has 0 fully saturated rings. The maximum Gasteiger partial charge on any atom is 0.161 e. The van der Waals surface area contributed by atoms with Crippen LogP contribution in [0.5, 0.6) is 11.5 Å². The van der Waals surface area contributed by atoms with Crippen LogP contribution in [0.15, 0.2) is 48.5 Å². The molecule has 2 aromatic rings. The van der Waals surface area contributed by atoms with E-state index in [0.717, 1.165) is 30.0 Å². The van der Waals surface area contributed by atoms with E-state index < -0.39 is 0 Å². The number of methoxy groups -OCH3 is 1. The average molecular weight is 271 g/mol. The average Bonchev–Trinajstić information content (AvgIpc) is 2.52. The second-order valence-electron chi connectivity index (χ2n) is 4.61. The highest BCUT2D eigenvalue weighted by molar-refractivity contribution is 5.39. The highest BCUT2D eigenvalue weighted by Gasteiger charge is 2.03. The van der Waals surface area contributed by atoms with E-state index in [9.17, 15) is 0 Å². The summed E-state index contributed by atoms with van der Waals surface area (Å²) in [5, 5.41) is 3.15. The van der Waals surface area contributed by atoms with Crippen LogP contribution in [0.4, 0.5) is 0 Å². The van der Waals surface area contributed by atoms with Crippen LogP contribution in [0, 0.1) is 0 Å². The Labute approximate surface area is 120 Å². The first-order valence-electron chi connectivity index (χ1n) is 6.81. The summed E-state index contributed by atoms with van der Waals surface area (Å²) in [6.45, 7) is 1.55. The van der Waals surface area contributed by atoms with Crippen molar-refractivity contribution in [3.63, 3.8) is 0 Å². The number of para-hydroxylation sites is 2. The van der Waals surface area contributed by atoms with Gasteiger partial charge in [-0.3, -0.25) is 0 Å². The van der Waals surface area contributed by atoms with Gasteiger partial charge < -0.3 is 14.8 Å². The molecule has 0 unspecified atom stereocenters. The van der Waals surface area contributed by atoms with Crippen molar-refractivity contribution in [1.82, 2.24) is 5.32 Å². The molecule has 0 saturated heterocycles. The van der Waals surface area contributed by atoms with Gasteiger partial charge >= 0.3 is 0 Å². The summed E-state index contributed by atoms with van der Waals surface area (Å²) in [5.74, 6) is 1.53. The zero-order valence-corrected chi connectivity index (χ0v) is 12.1. The third-order valence-electron chi connectivity index (χ3n) is 3.15. The molecule has 1 N–H and O–H groups in total. The Morgan fingerprint density at radius 3 is 2.20 bits per heavy atom. The second kappa shape index (κ2) is 7.56. The second-order valence-corrected chi connectivity index (χ2v) is 4.61. The fourth-order valence-corrected chi connectivity index (χ4v) is 1.97. The summed E-state index contributed by atoms with van der Waals surface area (Å²) in [6, 6.07) is 16.2. The molecular weight excluding hydrogens is 250 g/mol. The molecule has 2 rings (SSSR count). The number of hydrogen-bond donors (Lipinski definition) is 1. The number of ether oxygens (including phenoxy) is 2. The van der Waals surface area contributed by atoms with Gasteiger partial charge in [0.25, 0.3) is 0 Å². The molecule has 3 nitrogen and oxygen atoms in total. The molecule has 0 spiro atoms. The van der Waals surface area contributed by atoms with Crippen molar-refractivity contribution >= 4 is 0 Å². The van der Waals surface area contributed by atoms with E-state index in [-0.39, 0.29) is 0 Å². The van der Waals surface area contributed by atoms with Crippen LogP contribution in [0.3, 0.4) is 0 Å². The van der Waals surface area contributed by atoms with E-state index in [1.807, 2.05) is 31.3 Å². The normalized spacial score (nSPS) is 10.3. The molecule has 0 aliphatic heterocycles. The standard InChI is InChI=1S/C17H21NO2/c1-18-12-11-14-7-9-15(10-8-14)13-20-17-6-4-3-5-16(17)19-2/h3-10,18H,11-13H2,1-2H3. The molecular formula is C17H21NO2. The molecule has 0 amide bonds. The minimum atomic E-state index is 0.548. The number of likely N-dealkylation sites (N-methyl/N-ethyl adjacent to an activating group) is 1. The van der Waals surface area contributed by atoms with Gasteiger partial charge in [0.15, 0.2) is 11.5 Å². The van der Waals surface area contributed by atoms with Gasteiger partial charge in [0, 0.05) is 0 Å². The third kappa shape index (κ3) is 4.00. The highest BCUT2D eigenvalue weighted by Crippen LogP contribution is 2.26. The zero-order chi connectivity index (χ0) is 14.2. The Hall–Kier alpha value is -2.00. The molecule has 0 aromatic heterocycles. The van der Waals surface area contributed by atoms with E-state index in [0.29, 0.717) is 6.61 Å². The minimum Gasteiger partial charge on any atom is -0.493 e. The summed E-state index contributed by atoms with van der Waals surface area (Å²) >= 11 is 0. The van der Waals surface area contributed by atoms with Gasteiger partial charge in [0.2, 0.25) is 0 Å². The van der Waals surface area contributed by atoms with Crippen molar-refractivity contribution in [1.29, 1.82) is 0 Å². The van der Waals surface area contributed by atoms with Gasteiger partial charge in [-0.05, 0) is 43.3 Å². The molecule has 3 heteroatoms. The van der Waals surface area contributed by atoms with Crippen molar-refractivity contribution in [3.05, 3.63) is 59.7 Å². The van der Waals surface area contributed by atoms with Crippen molar-refractivity contribution in [2.45, 2.75) is 13.0 Å². The van der Waals surface area contributed by atoms with Gasteiger partial charge in [-0.25, -0.2) is 0 Å². The summed E-state index contributed by atoms with van der Waals surface area (Å²) in [7, 11) is 3.62. The predicted molar refractivity (Wildman–Crippen MR) is 81.4 cm³/mol.